The fourth-order valence-electron chi connectivity index (χ4n) is 2.14. The maximum absolute atomic E-state index is 13.4. The number of benzene rings is 1. The van der Waals surface area contributed by atoms with E-state index in [1.54, 1.807) is 31.2 Å². The third-order valence-corrected chi connectivity index (χ3v) is 5.61. The first kappa shape index (κ1) is 23.2. The minimum absolute atomic E-state index is 0.00830. The van der Waals surface area contributed by atoms with Crippen LogP contribution in [0.25, 0.3) is 0 Å². The second-order valence-corrected chi connectivity index (χ2v) is 8.45. The Bertz CT molecular complexity index is 657. The number of carbonyl (C=O) groups excluding carboxylic acids is 1. The van der Waals surface area contributed by atoms with Crippen molar-refractivity contribution >= 4 is 18.8 Å². The molecule has 1 N–H and O–H groups in total. The first-order valence-electron chi connectivity index (χ1n) is 8.99. The molecule has 0 amide bonds. The van der Waals surface area contributed by atoms with Gasteiger partial charge in [0.15, 0.2) is 0 Å². The van der Waals surface area contributed by atoms with Gasteiger partial charge in [-0.2, -0.15) is 0 Å². The smallest absolute Gasteiger partial charge is 0.307 e. The molecule has 1 aromatic rings. The standard InChI is InChI=1S/C20H30NO5P/c1-6-13-26-27(23,21-17(7-2)14-20(22)24-8-3)19-11-9-18(10-12-19)25-15-16(4)5/h6-7,9-12,16-17H,1-2,8,13-15H2,3-5H3,(H,21,23). The van der Waals surface area contributed by atoms with E-state index in [1.807, 2.05) is 0 Å². The van der Waals surface area contributed by atoms with Crippen molar-refractivity contribution < 1.29 is 23.4 Å². The molecule has 150 valence electrons. The quantitative estimate of drug-likeness (QED) is 0.311. The molecule has 6 nitrogen and oxygen atoms in total. The summed E-state index contributed by atoms with van der Waals surface area (Å²) in [5.41, 5.74) is 0. The predicted octanol–water partition coefficient (Wildman–Crippen LogP) is 3.84. The van der Waals surface area contributed by atoms with Gasteiger partial charge in [-0.15, -0.1) is 13.2 Å². The van der Waals surface area contributed by atoms with E-state index < -0.39 is 19.5 Å². The lowest BCUT2D eigenvalue weighted by Crippen LogP contribution is -2.32. The number of ether oxygens (including phenoxy) is 2. The van der Waals surface area contributed by atoms with Crippen LogP contribution in [0.3, 0.4) is 0 Å². The van der Waals surface area contributed by atoms with Gasteiger partial charge in [0, 0.05) is 6.04 Å². The third kappa shape index (κ3) is 8.12. The van der Waals surface area contributed by atoms with Gasteiger partial charge >= 0.3 is 13.5 Å². The Labute approximate surface area is 162 Å². The number of nitrogens with one attached hydrogen (secondary N) is 1. The second-order valence-electron chi connectivity index (χ2n) is 6.32. The lowest BCUT2D eigenvalue weighted by atomic mass is 10.2. The van der Waals surface area contributed by atoms with E-state index in [2.05, 4.69) is 32.1 Å². The Kier molecular flexibility index (Phi) is 10.1. The van der Waals surface area contributed by atoms with E-state index >= 15 is 0 Å². The molecule has 0 heterocycles. The van der Waals surface area contributed by atoms with Crippen LogP contribution in [-0.2, 0) is 18.6 Å². The molecule has 0 radical (unpaired) electrons. The summed E-state index contributed by atoms with van der Waals surface area (Å²) in [6.45, 7) is 14.1. The molecule has 2 atom stereocenters. The van der Waals surface area contributed by atoms with Crippen LogP contribution in [0.4, 0.5) is 0 Å². The van der Waals surface area contributed by atoms with Crippen LogP contribution >= 0.6 is 7.52 Å². The molecule has 1 rings (SSSR count). The van der Waals surface area contributed by atoms with Crippen LogP contribution in [-0.4, -0.2) is 31.8 Å². The highest BCUT2D eigenvalue weighted by atomic mass is 31.2. The van der Waals surface area contributed by atoms with E-state index in [-0.39, 0.29) is 19.6 Å². The number of hydrogen-bond donors (Lipinski definition) is 1. The topological polar surface area (TPSA) is 73.9 Å². The zero-order chi connectivity index (χ0) is 20.3. The lowest BCUT2D eigenvalue weighted by Gasteiger charge is -2.24. The monoisotopic (exact) mass is 395 g/mol. The molecule has 0 spiro atoms. The van der Waals surface area contributed by atoms with Crippen molar-refractivity contribution in [1.29, 1.82) is 0 Å². The largest absolute Gasteiger partial charge is 0.493 e. The molecule has 0 aliphatic heterocycles. The number of rotatable bonds is 13. The molecule has 0 aromatic heterocycles. The summed E-state index contributed by atoms with van der Waals surface area (Å²) in [5.74, 6) is 0.696. The first-order valence-corrected chi connectivity index (χ1v) is 10.6. The predicted molar refractivity (Wildman–Crippen MR) is 109 cm³/mol. The Morgan fingerprint density at radius 2 is 1.93 bits per heavy atom. The maximum atomic E-state index is 13.4. The number of carbonyl (C=O) groups is 1. The van der Waals surface area contributed by atoms with Crippen LogP contribution < -0.4 is 15.1 Å². The van der Waals surface area contributed by atoms with Gasteiger partial charge in [-0.1, -0.05) is 26.0 Å². The molecule has 27 heavy (non-hydrogen) atoms. The molecule has 0 saturated carbocycles. The van der Waals surface area contributed by atoms with E-state index in [1.165, 1.54) is 12.2 Å². The average molecular weight is 395 g/mol. The molecule has 1 aromatic carbocycles. The fraction of sp³-hybridized carbons (Fsp3) is 0.450. The molecule has 0 aliphatic rings. The Balaban J connectivity index is 2.96. The molecular formula is C20H30NO5P. The van der Waals surface area contributed by atoms with E-state index in [4.69, 9.17) is 14.0 Å². The summed E-state index contributed by atoms with van der Waals surface area (Å²) in [6, 6.07) is 6.32. The van der Waals surface area contributed by atoms with Crippen LogP contribution in [0.5, 0.6) is 5.75 Å². The van der Waals surface area contributed by atoms with Crippen LogP contribution in [0, 0.1) is 5.92 Å². The van der Waals surface area contributed by atoms with Crippen molar-refractivity contribution in [2.45, 2.75) is 33.2 Å². The SMILES string of the molecule is C=CCOP(=O)(NC(C=C)CC(=O)OCC)c1ccc(OCC(C)C)cc1. The number of hydrogen-bond acceptors (Lipinski definition) is 5. The third-order valence-electron chi connectivity index (χ3n) is 3.45. The minimum Gasteiger partial charge on any atom is -0.493 e. The highest BCUT2D eigenvalue weighted by Gasteiger charge is 2.29. The molecule has 0 fully saturated rings. The van der Waals surface area contributed by atoms with Gasteiger partial charge < -0.3 is 14.0 Å². The molecule has 7 heteroatoms. The number of esters is 1. The Hall–Kier alpha value is -1.88. The highest BCUT2D eigenvalue weighted by Crippen LogP contribution is 2.42. The van der Waals surface area contributed by atoms with Gasteiger partial charge in [0.1, 0.15) is 5.75 Å². The van der Waals surface area contributed by atoms with Crippen LogP contribution in [0.1, 0.15) is 27.2 Å². The molecule has 0 aliphatic carbocycles. The fourth-order valence-corrected chi connectivity index (χ4v) is 4.01. The van der Waals surface area contributed by atoms with Gasteiger partial charge in [0.25, 0.3) is 0 Å². The molecule has 0 bridgehead atoms. The van der Waals surface area contributed by atoms with Crippen molar-refractivity contribution in [2.75, 3.05) is 19.8 Å². The van der Waals surface area contributed by atoms with Crippen molar-refractivity contribution in [3.05, 3.63) is 49.6 Å². The lowest BCUT2D eigenvalue weighted by molar-refractivity contribution is -0.143. The van der Waals surface area contributed by atoms with E-state index in [9.17, 15) is 9.36 Å². The van der Waals surface area contributed by atoms with Crippen molar-refractivity contribution in [3.63, 3.8) is 0 Å². The van der Waals surface area contributed by atoms with Crippen LogP contribution in [0.2, 0.25) is 0 Å². The molecule has 0 saturated heterocycles. The molecule has 2 unspecified atom stereocenters. The van der Waals surface area contributed by atoms with Gasteiger partial charge in [0.05, 0.1) is 31.5 Å². The molecular weight excluding hydrogens is 365 g/mol. The summed E-state index contributed by atoms with van der Waals surface area (Å²) in [6.07, 6.45) is 3.04. The maximum Gasteiger partial charge on any atom is 0.307 e. The summed E-state index contributed by atoms with van der Waals surface area (Å²) in [7, 11) is -3.45. The summed E-state index contributed by atoms with van der Waals surface area (Å²) >= 11 is 0. The van der Waals surface area contributed by atoms with Gasteiger partial charge in [0.2, 0.25) is 0 Å². The van der Waals surface area contributed by atoms with E-state index in [0.29, 0.717) is 23.6 Å². The highest BCUT2D eigenvalue weighted by molar-refractivity contribution is 7.65. The van der Waals surface area contributed by atoms with Gasteiger partial charge in [-0.25, -0.2) is 5.09 Å². The summed E-state index contributed by atoms with van der Waals surface area (Å²) in [5, 5.41) is 3.39. The summed E-state index contributed by atoms with van der Waals surface area (Å²) < 4.78 is 29.6. The normalized spacial score (nSPS) is 14.2. The second kappa shape index (κ2) is 11.8. The minimum atomic E-state index is -3.45. The summed E-state index contributed by atoms with van der Waals surface area (Å²) in [4.78, 5) is 11.7. The van der Waals surface area contributed by atoms with Crippen molar-refractivity contribution in [2.24, 2.45) is 5.92 Å². The zero-order valence-electron chi connectivity index (χ0n) is 16.3. The van der Waals surface area contributed by atoms with Crippen molar-refractivity contribution in [3.8, 4) is 5.75 Å². The van der Waals surface area contributed by atoms with Gasteiger partial charge in [-0.05, 0) is 37.1 Å². The Morgan fingerprint density at radius 3 is 2.44 bits per heavy atom. The zero-order valence-corrected chi connectivity index (χ0v) is 17.2. The van der Waals surface area contributed by atoms with Crippen LogP contribution in [0.15, 0.2) is 49.6 Å². The van der Waals surface area contributed by atoms with E-state index in [0.717, 1.165) is 0 Å². The van der Waals surface area contributed by atoms with Crippen molar-refractivity contribution in [1.82, 2.24) is 5.09 Å². The Morgan fingerprint density at radius 1 is 1.26 bits per heavy atom. The van der Waals surface area contributed by atoms with Gasteiger partial charge in [-0.3, -0.25) is 9.36 Å². The first-order chi connectivity index (χ1) is 12.8. The average Bonchev–Trinajstić information content (AvgIpc) is 2.64.